The fourth-order valence-electron chi connectivity index (χ4n) is 3.81. The van der Waals surface area contributed by atoms with E-state index in [1.165, 1.54) is 11.3 Å². The van der Waals surface area contributed by atoms with Crippen LogP contribution in [0.1, 0.15) is 31.0 Å². The summed E-state index contributed by atoms with van der Waals surface area (Å²) in [5, 5.41) is 5.71. The summed E-state index contributed by atoms with van der Waals surface area (Å²) in [6.45, 7) is 5.70. The summed E-state index contributed by atoms with van der Waals surface area (Å²) >= 11 is 1.54. The average molecular weight is 465 g/mol. The van der Waals surface area contributed by atoms with Crippen LogP contribution >= 0.6 is 11.3 Å². The number of thiazole rings is 1. The quantitative estimate of drug-likeness (QED) is 0.563. The van der Waals surface area contributed by atoms with Gasteiger partial charge in [0.05, 0.1) is 18.7 Å². The zero-order chi connectivity index (χ0) is 23.2. The Morgan fingerprint density at radius 3 is 2.58 bits per heavy atom. The number of nitrogens with one attached hydrogen (secondary N) is 1. The van der Waals surface area contributed by atoms with Crippen molar-refractivity contribution in [3.05, 3.63) is 59.2 Å². The number of hydrogen-bond acceptors (Lipinski definition) is 6. The van der Waals surface area contributed by atoms with E-state index in [4.69, 9.17) is 4.74 Å². The highest BCUT2D eigenvalue weighted by Crippen LogP contribution is 2.26. The number of likely N-dealkylation sites (tertiary alicyclic amines) is 1. The van der Waals surface area contributed by atoms with Crippen LogP contribution in [-0.4, -0.2) is 46.4 Å². The monoisotopic (exact) mass is 464 g/mol. The molecule has 2 aromatic heterocycles. The number of amides is 2. The van der Waals surface area contributed by atoms with Crippen molar-refractivity contribution in [2.45, 2.75) is 33.1 Å². The van der Waals surface area contributed by atoms with Crippen molar-refractivity contribution >= 4 is 29.0 Å². The van der Waals surface area contributed by atoms with Gasteiger partial charge in [-0.25, -0.2) is 9.97 Å². The van der Waals surface area contributed by atoms with E-state index < -0.39 is 0 Å². The largest absolute Gasteiger partial charge is 0.494 e. The van der Waals surface area contributed by atoms with E-state index in [1.54, 1.807) is 12.3 Å². The minimum Gasteiger partial charge on any atom is -0.494 e. The van der Waals surface area contributed by atoms with E-state index in [2.05, 4.69) is 15.3 Å². The fourth-order valence-corrected chi connectivity index (χ4v) is 4.63. The molecule has 3 aromatic rings. The fraction of sp³-hybridized carbons (Fsp3) is 0.360. The summed E-state index contributed by atoms with van der Waals surface area (Å²) in [4.78, 5) is 36.1. The van der Waals surface area contributed by atoms with E-state index in [1.807, 2.05) is 54.5 Å². The van der Waals surface area contributed by atoms with Crippen LogP contribution < -0.4 is 10.1 Å². The number of hydrogen-bond donors (Lipinski definition) is 1. The molecule has 4 rings (SSSR count). The molecular weight excluding hydrogens is 436 g/mol. The molecule has 1 aromatic carbocycles. The molecule has 8 heteroatoms. The van der Waals surface area contributed by atoms with E-state index in [0.717, 1.165) is 27.6 Å². The number of aromatic nitrogens is 2. The Labute approximate surface area is 197 Å². The highest BCUT2D eigenvalue weighted by atomic mass is 32.1. The van der Waals surface area contributed by atoms with Crippen LogP contribution in [0.15, 0.2) is 48.0 Å². The second-order valence-corrected chi connectivity index (χ2v) is 9.00. The van der Waals surface area contributed by atoms with Gasteiger partial charge in [-0.2, -0.15) is 0 Å². The predicted octanol–water partition coefficient (Wildman–Crippen LogP) is 4.33. The second-order valence-electron chi connectivity index (χ2n) is 8.14. The Kier molecular flexibility index (Phi) is 7.34. The Morgan fingerprint density at radius 2 is 1.91 bits per heavy atom. The molecular formula is C25H28N4O3S. The first-order valence-corrected chi connectivity index (χ1v) is 12.1. The molecule has 0 spiro atoms. The van der Waals surface area contributed by atoms with Gasteiger partial charge in [0.15, 0.2) is 0 Å². The lowest BCUT2D eigenvalue weighted by atomic mass is 9.95. The van der Waals surface area contributed by atoms with Gasteiger partial charge in [-0.15, -0.1) is 11.3 Å². The lowest BCUT2D eigenvalue weighted by Gasteiger charge is -2.31. The van der Waals surface area contributed by atoms with Crippen molar-refractivity contribution in [3.8, 4) is 16.3 Å². The summed E-state index contributed by atoms with van der Waals surface area (Å²) in [6, 6.07) is 11.6. The van der Waals surface area contributed by atoms with Crippen LogP contribution in [0.3, 0.4) is 0 Å². The molecule has 33 heavy (non-hydrogen) atoms. The van der Waals surface area contributed by atoms with Gasteiger partial charge in [-0.3, -0.25) is 9.59 Å². The molecule has 2 amide bonds. The molecule has 0 atom stereocenters. The highest BCUT2D eigenvalue weighted by Gasteiger charge is 2.28. The Morgan fingerprint density at radius 1 is 1.15 bits per heavy atom. The topological polar surface area (TPSA) is 84.4 Å². The zero-order valence-corrected chi connectivity index (χ0v) is 19.7. The summed E-state index contributed by atoms with van der Waals surface area (Å²) in [5.41, 5.74) is 2.84. The number of carbonyl (C=O) groups excluding carboxylic acids is 2. The third kappa shape index (κ3) is 5.96. The molecule has 1 N–H and O–H groups in total. The Bertz CT molecular complexity index is 1090. The summed E-state index contributed by atoms with van der Waals surface area (Å²) in [6.07, 6.45) is 3.31. The minimum atomic E-state index is -0.109. The first kappa shape index (κ1) is 22.9. The van der Waals surface area contributed by atoms with E-state index in [-0.39, 0.29) is 24.2 Å². The number of carbonyl (C=O) groups is 2. The maximum atomic E-state index is 12.8. The van der Waals surface area contributed by atoms with E-state index in [0.29, 0.717) is 38.4 Å². The molecule has 0 saturated carbocycles. The minimum absolute atomic E-state index is 0.0297. The average Bonchev–Trinajstić information content (AvgIpc) is 3.30. The van der Waals surface area contributed by atoms with Crippen molar-refractivity contribution in [1.82, 2.24) is 14.9 Å². The standard InChI is InChI=1S/C25H28N4O3S/c1-3-32-21-7-5-19(6-8-21)25-27-20(16-33-25)14-23(30)29-12-10-18(11-13-29)24(31)28-22-9-4-17(2)15-26-22/h4-9,15-16,18H,3,10-14H2,1-2H3,(H,26,28,31). The van der Waals surface area contributed by atoms with Gasteiger partial charge in [0.1, 0.15) is 16.6 Å². The molecule has 0 aliphatic carbocycles. The molecule has 0 radical (unpaired) electrons. The van der Waals surface area contributed by atoms with Crippen molar-refractivity contribution in [3.63, 3.8) is 0 Å². The number of rotatable bonds is 7. The number of benzene rings is 1. The van der Waals surface area contributed by atoms with Gasteiger partial charge < -0.3 is 15.0 Å². The van der Waals surface area contributed by atoms with Crippen LogP contribution in [0.2, 0.25) is 0 Å². The molecule has 1 fully saturated rings. The lowest BCUT2D eigenvalue weighted by Crippen LogP contribution is -2.42. The molecule has 0 unspecified atom stereocenters. The SMILES string of the molecule is CCOc1ccc(-c2nc(CC(=O)N3CCC(C(=O)Nc4ccc(C)cn4)CC3)cs2)cc1. The lowest BCUT2D eigenvalue weighted by molar-refractivity contribution is -0.133. The number of piperidine rings is 1. The molecule has 1 aliphatic rings. The summed E-state index contributed by atoms with van der Waals surface area (Å²) < 4.78 is 5.48. The van der Waals surface area contributed by atoms with Crippen molar-refractivity contribution < 1.29 is 14.3 Å². The number of nitrogens with zero attached hydrogens (tertiary/aromatic N) is 3. The summed E-state index contributed by atoms with van der Waals surface area (Å²) in [7, 11) is 0. The third-order valence-electron chi connectivity index (χ3n) is 5.68. The van der Waals surface area contributed by atoms with E-state index in [9.17, 15) is 9.59 Å². The smallest absolute Gasteiger partial charge is 0.228 e. The van der Waals surface area contributed by atoms with Gasteiger partial charge in [0.2, 0.25) is 11.8 Å². The van der Waals surface area contributed by atoms with Crippen LogP contribution in [0.25, 0.3) is 10.6 Å². The first-order valence-electron chi connectivity index (χ1n) is 11.2. The predicted molar refractivity (Wildman–Crippen MR) is 129 cm³/mol. The number of aryl methyl sites for hydroxylation is 1. The van der Waals surface area contributed by atoms with Crippen LogP contribution in [0, 0.1) is 12.8 Å². The van der Waals surface area contributed by atoms with Crippen LogP contribution in [0.4, 0.5) is 5.82 Å². The molecule has 3 heterocycles. The normalized spacial score (nSPS) is 14.2. The Hall–Kier alpha value is -3.26. The van der Waals surface area contributed by atoms with Crippen molar-refractivity contribution in [1.29, 1.82) is 0 Å². The summed E-state index contributed by atoms with van der Waals surface area (Å²) in [5.74, 6) is 1.31. The van der Waals surface area contributed by atoms with Gasteiger partial charge >= 0.3 is 0 Å². The van der Waals surface area contributed by atoms with Crippen LogP contribution in [0.5, 0.6) is 5.75 Å². The maximum absolute atomic E-state index is 12.8. The van der Waals surface area contributed by atoms with E-state index >= 15 is 0 Å². The number of anilines is 1. The third-order valence-corrected chi connectivity index (χ3v) is 6.62. The molecule has 172 valence electrons. The van der Waals surface area contributed by atoms with Gasteiger partial charge in [0.25, 0.3) is 0 Å². The molecule has 1 aliphatic heterocycles. The number of pyridine rings is 1. The molecule has 1 saturated heterocycles. The van der Waals surface area contributed by atoms with Crippen molar-refractivity contribution in [2.75, 3.05) is 25.0 Å². The second kappa shape index (κ2) is 10.6. The van der Waals surface area contributed by atoms with Crippen LogP contribution in [-0.2, 0) is 16.0 Å². The van der Waals surface area contributed by atoms with Gasteiger partial charge in [-0.05, 0) is 62.6 Å². The highest BCUT2D eigenvalue weighted by molar-refractivity contribution is 7.13. The first-order chi connectivity index (χ1) is 16.0. The van der Waals surface area contributed by atoms with Gasteiger partial charge in [0, 0.05) is 36.1 Å². The van der Waals surface area contributed by atoms with Crippen molar-refractivity contribution in [2.24, 2.45) is 5.92 Å². The zero-order valence-electron chi connectivity index (χ0n) is 18.9. The van der Waals surface area contributed by atoms with Gasteiger partial charge in [-0.1, -0.05) is 6.07 Å². The Balaban J connectivity index is 1.27. The molecule has 0 bridgehead atoms. The number of ether oxygens (including phenoxy) is 1. The molecule has 7 nitrogen and oxygen atoms in total. The maximum Gasteiger partial charge on any atom is 0.228 e.